The minimum atomic E-state index is -0.0614. The van der Waals surface area contributed by atoms with Crippen molar-refractivity contribution in [2.45, 2.75) is 18.9 Å². The SMILES string of the molecule is Cl.O=C(NC1CCCNC1)c1cnns1. The highest BCUT2D eigenvalue weighted by atomic mass is 35.5. The van der Waals surface area contributed by atoms with Crippen LogP contribution in [0.25, 0.3) is 0 Å². The molecule has 0 aliphatic carbocycles. The number of hydrogen-bond acceptors (Lipinski definition) is 5. The van der Waals surface area contributed by atoms with E-state index in [0.717, 1.165) is 37.5 Å². The van der Waals surface area contributed by atoms with Crippen molar-refractivity contribution in [3.05, 3.63) is 11.1 Å². The number of carbonyl (C=O) groups is 1. The molecule has 7 heteroatoms. The van der Waals surface area contributed by atoms with Crippen LogP contribution in [-0.2, 0) is 0 Å². The third-order valence-corrected chi connectivity index (χ3v) is 2.88. The summed E-state index contributed by atoms with van der Waals surface area (Å²) >= 11 is 1.13. The number of nitrogens with zero attached hydrogens (tertiary/aromatic N) is 2. The Morgan fingerprint density at radius 1 is 1.67 bits per heavy atom. The average Bonchev–Trinajstić information content (AvgIpc) is 2.72. The van der Waals surface area contributed by atoms with E-state index in [0.29, 0.717) is 4.88 Å². The van der Waals surface area contributed by atoms with Gasteiger partial charge in [-0.1, -0.05) is 4.49 Å². The second-order valence-corrected chi connectivity index (χ2v) is 4.08. The standard InChI is InChI=1S/C8H12N4OS.ClH/c13-8(7-5-10-12-14-7)11-6-2-1-3-9-4-6;/h5-6,9H,1-4H2,(H,11,13);1H. The lowest BCUT2D eigenvalue weighted by atomic mass is 10.1. The molecule has 15 heavy (non-hydrogen) atoms. The van der Waals surface area contributed by atoms with Crippen molar-refractivity contribution in [2.75, 3.05) is 13.1 Å². The molecule has 1 aliphatic heterocycles. The summed E-state index contributed by atoms with van der Waals surface area (Å²) in [6.07, 6.45) is 3.66. The van der Waals surface area contributed by atoms with E-state index in [9.17, 15) is 4.79 Å². The number of piperidine rings is 1. The van der Waals surface area contributed by atoms with Gasteiger partial charge in [-0.3, -0.25) is 4.79 Å². The molecular formula is C8H13ClN4OS. The maximum absolute atomic E-state index is 11.6. The number of amides is 1. The Bertz CT molecular complexity index is 300. The van der Waals surface area contributed by atoms with Gasteiger partial charge < -0.3 is 10.6 Å². The quantitative estimate of drug-likeness (QED) is 0.797. The molecule has 2 N–H and O–H groups in total. The van der Waals surface area contributed by atoms with Crippen LogP contribution >= 0.6 is 23.9 Å². The lowest BCUT2D eigenvalue weighted by molar-refractivity contribution is 0.0934. The molecule has 0 aromatic carbocycles. The van der Waals surface area contributed by atoms with Gasteiger partial charge in [0.2, 0.25) is 0 Å². The molecule has 1 aromatic rings. The molecule has 0 saturated carbocycles. The predicted molar refractivity (Wildman–Crippen MR) is 60.5 cm³/mol. The number of rotatable bonds is 2. The van der Waals surface area contributed by atoms with Crippen LogP contribution in [0.5, 0.6) is 0 Å². The van der Waals surface area contributed by atoms with Gasteiger partial charge in [0.15, 0.2) is 0 Å². The molecule has 1 aromatic heterocycles. The molecule has 0 radical (unpaired) electrons. The van der Waals surface area contributed by atoms with Crippen LogP contribution in [0.3, 0.4) is 0 Å². The smallest absolute Gasteiger partial charge is 0.264 e. The largest absolute Gasteiger partial charge is 0.347 e. The van der Waals surface area contributed by atoms with Gasteiger partial charge in [0.05, 0.1) is 6.20 Å². The first-order chi connectivity index (χ1) is 6.86. The lowest BCUT2D eigenvalue weighted by Crippen LogP contribution is -2.45. The highest BCUT2D eigenvalue weighted by molar-refractivity contribution is 7.07. The second-order valence-electron chi connectivity index (χ2n) is 3.30. The average molecular weight is 249 g/mol. The zero-order valence-electron chi connectivity index (χ0n) is 8.10. The zero-order valence-corrected chi connectivity index (χ0v) is 9.74. The number of hydrogen-bond donors (Lipinski definition) is 2. The highest BCUT2D eigenvalue weighted by Gasteiger charge is 2.17. The van der Waals surface area contributed by atoms with Crippen LogP contribution in [0.1, 0.15) is 22.5 Å². The van der Waals surface area contributed by atoms with Gasteiger partial charge in [-0.2, -0.15) is 0 Å². The van der Waals surface area contributed by atoms with Crippen molar-refractivity contribution in [1.82, 2.24) is 20.2 Å². The Morgan fingerprint density at radius 2 is 2.53 bits per heavy atom. The van der Waals surface area contributed by atoms with Gasteiger partial charge >= 0.3 is 0 Å². The van der Waals surface area contributed by atoms with Crippen LogP contribution in [0, 0.1) is 0 Å². The van der Waals surface area contributed by atoms with Crippen molar-refractivity contribution < 1.29 is 4.79 Å². The first kappa shape index (κ1) is 12.4. The maximum atomic E-state index is 11.6. The summed E-state index contributed by atoms with van der Waals surface area (Å²) in [7, 11) is 0. The lowest BCUT2D eigenvalue weighted by Gasteiger charge is -2.23. The van der Waals surface area contributed by atoms with Crippen molar-refractivity contribution in [2.24, 2.45) is 0 Å². The molecule has 2 rings (SSSR count). The summed E-state index contributed by atoms with van der Waals surface area (Å²) in [6, 6.07) is 0.248. The van der Waals surface area contributed by atoms with Crippen molar-refractivity contribution in [3.63, 3.8) is 0 Å². The van der Waals surface area contributed by atoms with Gasteiger partial charge in [-0.25, -0.2) is 0 Å². The Kier molecular flexibility index (Phi) is 4.93. The summed E-state index contributed by atoms with van der Waals surface area (Å²) in [5.74, 6) is -0.0614. The minimum absolute atomic E-state index is 0. The van der Waals surface area contributed by atoms with E-state index in [2.05, 4.69) is 20.2 Å². The number of halogens is 1. The highest BCUT2D eigenvalue weighted by Crippen LogP contribution is 2.05. The Hall–Kier alpha value is -0.720. The Balaban J connectivity index is 0.00000112. The van der Waals surface area contributed by atoms with E-state index in [-0.39, 0.29) is 24.4 Å². The van der Waals surface area contributed by atoms with E-state index in [1.165, 1.54) is 6.20 Å². The molecule has 1 atom stereocenters. The van der Waals surface area contributed by atoms with Gasteiger partial charge in [-0.15, -0.1) is 17.5 Å². The summed E-state index contributed by atoms with van der Waals surface area (Å²) in [5, 5.41) is 9.82. The number of aromatic nitrogens is 2. The fourth-order valence-corrected chi connectivity index (χ4v) is 1.92. The van der Waals surface area contributed by atoms with Crippen LogP contribution < -0.4 is 10.6 Å². The van der Waals surface area contributed by atoms with E-state index < -0.39 is 0 Å². The van der Waals surface area contributed by atoms with Crippen LogP contribution in [0.4, 0.5) is 0 Å². The van der Waals surface area contributed by atoms with Gasteiger partial charge in [0, 0.05) is 12.6 Å². The number of carbonyl (C=O) groups excluding carboxylic acids is 1. The van der Waals surface area contributed by atoms with E-state index in [1.807, 2.05) is 0 Å². The summed E-state index contributed by atoms with van der Waals surface area (Å²) < 4.78 is 3.65. The second kappa shape index (κ2) is 5.99. The normalized spacial score (nSPS) is 20.4. The van der Waals surface area contributed by atoms with Crippen molar-refractivity contribution in [3.8, 4) is 0 Å². The molecule has 1 unspecified atom stereocenters. The molecule has 1 amide bonds. The van der Waals surface area contributed by atoms with E-state index >= 15 is 0 Å². The van der Waals surface area contributed by atoms with Crippen molar-refractivity contribution in [1.29, 1.82) is 0 Å². The molecule has 1 aliphatic rings. The fraction of sp³-hybridized carbons (Fsp3) is 0.625. The van der Waals surface area contributed by atoms with Gasteiger partial charge in [0.1, 0.15) is 4.88 Å². The summed E-state index contributed by atoms with van der Waals surface area (Å²) in [4.78, 5) is 12.1. The van der Waals surface area contributed by atoms with Gasteiger partial charge in [0.25, 0.3) is 5.91 Å². The fourth-order valence-electron chi connectivity index (χ4n) is 1.50. The predicted octanol–water partition coefficient (Wildman–Crippen LogP) is 0.442. The molecular weight excluding hydrogens is 236 g/mol. The molecule has 84 valence electrons. The molecule has 0 spiro atoms. The zero-order chi connectivity index (χ0) is 9.80. The molecule has 5 nitrogen and oxygen atoms in total. The van der Waals surface area contributed by atoms with Crippen LogP contribution in [-0.4, -0.2) is 34.6 Å². The van der Waals surface area contributed by atoms with E-state index in [4.69, 9.17) is 0 Å². The molecule has 1 saturated heterocycles. The third kappa shape index (κ3) is 3.40. The minimum Gasteiger partial charge on any atom is -0.347 e. The summed E-state index contributed by atoms with van der Waals surface area (Å²) in [5.41, 5.74) is 0. The Morgan fingerprint density at radius 3 is 3.13 bits per heavy atom. The molecule has 2 heterocycles. The van der Waals surface area contributed by atoms with Gasteiger partial charge in [-0.05, 0) is 30.9 Å². The third-order valence-electron chi connectivity index (χ3n) is 2.22. The first-order valence-electron chi connectivity index (χ1n) is 4.65. The number of nitrogens with one attached hydrogen (secondary N) is 2. The van der Waals surface area contributed by atoms with E-state index in [1.54, 1.807) is 0 Å². The molecule has 0 bridgehead atoms. The first-order valence-corrected chi connectivity index (χ1v) is 5.42. The van der Waals surface area contributed by atoms with Crippen LogP contribution in [0.2, 0.25) is 0 Å². The Labute approximate surface area is 98.2 Å². The van der Waals surface area contributed by atoms with Crippen LogP contribution in [0.15, 0.2) is 6.20 Å². The van der Waals surface area contributed by atoms with Crippen molar-refractivity contribution >= 4 is 29.8 Å². The maximum Gasteiger partial charge on any atom is 0.264 e. The summed E-state index contributed by atoms with van der Waals surface area (Å²) in [6.45, 7) is 1.91. The topological polar surface area (TPSA) is 66.9 Å². The molecule has 1 fully saturated rings. The monoisotopic (exact) mass is 248 g/mol.